The van der Waals surface area contributed by atoms with Crippen LogP contribution in [0.15, 0.2) is 53.6 Å². The molecule has 4 fully saturated rings. The van der Waals surface area contributed by atoms with Crippen molar-refractivity contribution in [2.75, 3.05) is 11.9 Å². The average Bonchev–Trinajstić information content (AvgIpc) is 2.67. The highest BCUT2D eigenvalue weighted by Gasteiger charge is 2.59. The summed E-state index contributed by atoms with van der Waals surface area (Å²) in [5.74, 6) is 2.94. The summed E-state index contributed by atoms with van der Waals surface area (Å²) in [7, 11) is 0. The van der Waals surface area contributed by atoms with Gasteiger partial charge in [0.05, 0.1) is 6.04 Å². The van der Waals surface area contributed by atoms with E-state index in [-0.39, 0.29) is 11.5 Å². The van der Waals surface area contributed by atoms with Gasteiger partial charge in [-0.15, -0.1) is 0 Å². The fourth-order valence-corrected chi connectivity index (χ4v) is 7.28. The van der Waals surface area contributed by atoms with Crippen LogP contribution in [0.2, 0.25) is 0 Å². The van der Waals surface area contributed by atoms with Crippen molar-refractivity contribution in [1.29, 1.82) is 0 Å². The Morgan fingerprint density at radius 2 is 1.71 bits per heavy atom. The first-order valence-electron chi connectivity index (χ1n) is 11.3. The largest absolute Gasteiger partial charge is 0.380 e. The molecule has 148 valence electrons. The summed E-state index contributed by atoms with van der Waals surface area (Å²) in [6, 6.07) is 8.74. The quantitative estimate of drug-likeness (QED) is 0.610. The zero-order valence-electron chi connectivity index (χ0n) is 17.4. The number of anilines is 1. The molecule has 6 rings (SSSR count). The van der Waals surface area contributed by atoms with Crippen LogP contribution in [0, 0.1) is 35.5 Å². The predicted molar refractivity (Wildman–Crippen MR) is 119 cm³/mol. The Morgan fingerprint density at radius 3 is 2.39 bits per heavy atom. The van der Waals surface area contributed by atoms with Gasteiger partial charge >= 0.3 is 0 Å². The van der Waals surface area contributed by atoms with E-state index in [9.17, 15) is 0 Å². The molecule has 1 N–H and O–H groups in total. The number of nitrogens with one attached hydrogen (secondary N) is 1. The minimum absolute atomic E-state index is 0.164. The molecule has 28 heavy (non-hydrogen) atoms. The lowest BCUT2D eigenvalue weighted by atomic mass is 9.41. The van der Waals surface area contributed by atoms with E-state index in [1.165, 1.54) is 49.8 Å². The Balaban J connectivity index is 1.33. The molecule has 1 aromatic rings. The van der Waals surface area contributed by atoms with Crippen molar-refractivity contribution < 1.29 is 0 Å². The maximum absolute atomic E-state index is 5.11. The van der Waals surface area contributed by atoms with Crippen molar-refractivity contribution in [2.45, 2.75) is 58.4 Å². The number of rotatable bonds is 5. The lowest BCUT2D eigenvalue weighted by molar-refractivity contribution is -0.112. The lowest BCUT2D eigenvalue weighted by Gasteiger charge is -2.63. The Morgan fingerprint density at radius 1 is 1.04 bits per heavy atom. The van der Waals surface area contributed by atoms with Crippen LogP contribution in [0.4, 0.5) is 5.69 Å². The first-order valence-corrected chi connectivity index (χ1v) is 11.3. The minimum Gasteiger partial charge on any atom is -0.380 e. The summed E-state index contributed by atoms with van der Waals surface area (Å²) in [5.41, 5.74) is 3.12. The lowest BCUT2D eigenvalue weighted by Crippen LogP contribution is -2.56. The predicted octanol–water partition coefficient (Wildman–Crippen LogP) is 6.20. The van der Waals surface area contributed by atoms with Gasteiger partial charge in [-0.2, -0.15) is 0 Å². The number of para-hydroxylation sites is 1. The fraction of sp³-hybridized carbons (Fsp3) is 0.577. The number of hydrogen-bond acceptors (Lipinski definition) is 2. The molecule has 0 radical (unpaired) electrons. The molecular formula is C26H34N2. The van der Waals surface area contributed by atoms with E-state index < -0.39 is 0 Å². The van der Waals surface area contributed by atoms with Crippen LogP contribution in [-0.4, -0.2) is 18.8 Å². The third kappa shape index (κ3) is 2.96. The third-order valence-corrected chi connectivity index (χ3v) is 8.44. The van der Waals surface area contributed by atoms with E-state index in [2.05, 4.69) is 73.9 Å². The number of aryl methyl sites for hydroxylation is 1. The molecule has 1 aromatic carbocycles. The highest BCUT2D eigenvalue weighted by Crippen LogP contribution is 2.67. The van der Waals surface area contributed by atoms with Crippen molar-refractivity contribution >= 4 is 11.9 Å². The summed E-state index contributed by atoms with van der Waals surface area (Å²) in [6.45, 7) is 5.45. The zero-order valence-corrected chi connectivity index (χ0v) is 17.4. The Labute approximate surface area is 170 Å². The van der Waals surface area contributed by atoms with Gasteiger partial charge in [0.15, 0.2) is 0 Å². The second kappa shape index (κ2) is 6.90. The van der Waals surface area contributed by atoms with Crippen molar-refractivity contribution in [1.82, 2.24) is 0 Å². The van der Waals surface area contributed by atoms with Crippen LogP contribution in [0.25, 0.3) is 0 Å². The molecule has 5 aliphatic rings. The van der Waals surface area contributed by atoms with E-state index in [1.54, 1.807) is 0 Å². The van der Waals surface area contributed by atoms with Crippen molar-refractivity contribution in [2.24, 2.45) is 33.6 Å². The molecule has 2 unspecified atom stereocenters. The van der Waals surface area contributed by atoms with Crippen LogP contribution in [0.5, 0.6) is 0 Å². The van der Waals surface area contributed by atoms with E-state index in [1.807, 2.05) is 0 Å². The summed E-state index contributed by atoms with van der Waals surface area (Å²) in [6.07, 6.45) is 20.3. The monoisotopic (exact) mass is 374 g/mol. The molecular weight excluding hydrogens is 340 g/mol. The Bertz CT molecular complexity index is 782. The van der Waals surface area contributed by atoms with E-state index >= 15 is 0 Å². The second-order valence-electron chi connectivity index (χ2n) is 10.2. The molecule has 5 aliphatic carbocycles. The van der Waals surface area contributed by atoms with Crippen LogP contribution < -0.4 is 5.32 Å². The van der Waals surface area contributed by atoms with Crippen LogP contribution >= 0.6 is 0 Å². The smallest absolute Gasteiger partial charge is 0.0773 e. The van der Waals surface area contributed by atoms with Gasteiger partial charge in [0.25, 0.3) is 0 Å². The van der Waals surface area contributed by atoms with Crippen LogP contribution in [0.1, 0.15) is 51.0 Å². The highest BCUT2D eigenvalue weighted by molar-refractivity contribution is 5.66. The molecule has 2 atom stereocenters. The maximum Gasteiger partial charge on any atom is 0.0773 e. The number of benzene rings is 1. The standard InChI is InChI=1S/C26H34N2/c1-19-7-3-4-8-23(19)27-11-12-28-24-9-5-6-10-25(24,2)26-16-20-13-21(17-26)15-22(14-20)18-26/h3-10,12,20-22,24,27H,11,13-18H2,1-2H3. The highest BCUT2D eigenvalue weighted by atomic mass is 14.9. The maximum atomic E-state index is 5.11. The van der Waals surface area contributed by atoms with Gasteiger partial charge in [0.2, 0.25) is 0 Å². The first kappa shape index (κ1) is 18.2. The molecule has 2 heteroatoms. The van der Waals surface area contributed by atoms with Gasteiger partial charge < -0.3 is 5.32 Å². The molecule has 0 amide bonds. The number of hydrogen-bond donors (Lipinski definition) is 1. The molecule has 4 saturated carbocycles. The van der Waals surface area contributed by atoms with Crippen LogP contribution in [0.3, 0.4) is 0 Å². The van der Waals surface area contributed by atoms with Gasteiger partial charge in [0, 0.05) is 23.9 Å². The molecule has 0 aliphatic heterocycles. The number of aliphatic imine (C=N–C) groups is 1. The van der Waals surface area contributed by atoms with E-state index in [0.717, 1.165) is 24.3 Å². The van der Waals surface area contributed by atoms with Crippen molar-refractivity contribution in [3.63, 3.8) is 0 Å². The van der Waals surface area contributed by atoms with E-state index in [0.29, 0.717) is 5.41 Å². The second-order valence-corrected chi connectivity index (χ2v) is 10.2. The summed E-state index contributed by atoms with van der Waals surface area (Å²) in [5, 5.41) is 3.52. The Kier molecular flexibility index (Phi) is 4.49. The summed E-state index contributed by atoms with van der Waals surface area (Å²) < 4.78 is 0. The topological polar surface area (TPSA) is 24.4 Å². The van der Waals surface area contributed by atoms with Crippen LogP contribution in [-0.2, 0) is 0 Å². The molecule has 0 aromatic heterocycles. The normalized spacial score (nSPS) is 41.1. The molecule has 0 saturated heterocycles. The van der Waals surface area contributed by atoms with Crippen molar-refractivity contribution in [3.8, 4) is 0 Å². The van der Waals surface area contributed by atoms with Gasteiger partial charge in [-0.25, -0.2) is 0 Å². The zero-order chi connectivity index (χ0) is 19.2. The minimum atomic E-state index is 0.164. The first-order chi connectivity index (χ1) is 13.6. The number of allylic oxidation sites excluding steroid dienone is 2. The van der Waals surface area contributed by atoms with Crippen molar-refractivity contribution in [3.05, 3.63) is 54.1 Å². The molecule has 0 heterocycles. The third-order valence-electron chi connectivity index (χ3n) is 8.44. The molecule has 0 spiro atoms. The SMILES string of the molecule is Cc1ccccc1NCC=NC1C=CC=CC1(C)C12CC3CC(CC(C3)C1)C2. The summed E-state index contributed by atoms with van der Waals surface area (Å²) in [4.78, 5) is 5.11. The van der Waals surface area contributed by atoms with E-state index in [4.69, 9.17) is 4.99 Å². The van der Waals surface area contributed by atoms with Gasteiger partial charge in [-0.05, 0) is 80.2 Å². The average molecular weight is 375 g/mol. The van der Waals surface area contributed by atoms with Gasteiger partial charge in [-0.3, -0.25) is 4.99 Å². The number of nitrogens with zero attached hydrogens (tertiary/aromatic N) is 1. The van der Waals surface area contributed by atoms with Gasteiger partial charge in [0.1, 0.15) is 0 Å². The van der Waals surface area contributed by atoms with Gasteiger partial charge in [-0.1, -0.05) is 49.4 Å². The molecule has 4 bridgehead atoms. The molecule has 2 nitrogen and oxygen atoms in total. The Hall–Kier alpha value is -1.83. The summed E-state index contributed by atoms with van der Waals surface area (Å²) >= 11 is 0. The fourth-order valence-electron chi connectivity index (χ4n) is 7.28.